The van der Waals surface area contributed by atoms with Gasteiger partial charge in [-0.3, -0.25) is 4.18 Å². The van der Waals surface area contributed by atoms with Crippen molar-refractivity contribution in [3.63, 3.8) is 0 Å². The van der Waals surface area contributed by atoms with Gasteiger partial charge >= 0.3 is 21.3 Å². The van der Waals surface area contributed by atoms with Gasteiger partial charge in [-0.25, -0.2) is 9.18 Å². The van der Waals surface area contributed by atoms with Crippen LogP contribution in [-0.4, -0.2) is 39.5 Å². The predicted octanol–water partition coefficient (Wildman–Crippen LogP) is 1.75. The Morgan fingerprint density at radius 1 is 1.30 bits per heavy atom. The first kappa shape index (κ1) is 16.4. The average molecular weight is 312 g/mol. The molecule has 20 heavy (non-hydrogen) atoms. The van der Waals surface area contributed by atoms with Gasteiger partial charge in [0.15, 0.2) is 0 Å². The zero-order valence-corrected chi connectivity index (χ0v) is 11.1. The maximum Gasteiger partial charge on any atom is 0.403 e. The Morgan fingerprint density at radius 3 is 2.35 bits per heavy atom. The lowest BCUT2D eigenvalue weighted by atomic mass is 10.2. The molecule has 9 heteroatoms. The highest BCUT2D eigenvalue weighted by molar-refractivity contribution is 7.87. The van der Waals surface area contributed by atoms with Crippen LogP contribution in [0.5, 0.6) is 0 Å². The zero-order valence-electron chi connectivity index (χ0n) is 10.3. The van der Waals surface area contributed by atoms with Crippen molar-refractivity contribution in [2.75, 3.05) is 13.7 Å². The molecular weight excluding hydrogens is 301 g/mol. The molecular formula is C11H11F3O5S. The number of ether oxygens (including phenoxy) is 1. The van der Waals surface area contributed by atoms with E-state index >= 15 is 0 Å². The fourth-order valence-electron chi connectivity index (χ4n) is 1.17. The summed E-state index contributed by atoms with van der Waals surface area (Å²) in [4.78, 5) is 11.4. The number of esters is 1. The lowest BCUT2D eigenvalue weighted by molar-refractivity contribution is -0.0368. The number of hydrogen-bond acceptors (Lipinski definition) is 5. The average Bonchev–Trinajstić information content (AvgIpc) is 2.44. The summed E-state index contributed by atoms with van der Waals surface area (Å²) >= 11 is 0. The van der Waals surface area contributed by atoms with Crippen LogP contribution < -0.4 is 0 Å². The van der Waals surface area contributed by atoms with Gasteiger partial charge in [-0.2, -0.15) is 17.2 Å². The van der Waals surface area contributed by atoms with Crippen molar-refractivity contribution in [1.29, 1.82) is 0 Å². The number of halogens is 3. The van der Waals surface area contributed by atoms with E-state index in [2.05, 4.69) is 8.92 Å². The van der Waals surface area contributed by atoms with Crippen LogP contribution in [0, 0.1) is 0 Å². The second kappa shape index (κ2) is 6.23. The second-order valence-corrected chi connectivity index (χ2v) is 5.40. The van der Waals surface area contributed by atoms with E-state index < -0.39 is 34.1 Å². The molecule has 1 atom stereocenters. The molecule has 0 radical (unpaired) electrons. The van der Waals surface area contributed by atoms with E-state index in [1.54, 1.807) is 6.07 Å². The van der Waals surface area contributed by atoms with E-state index in [9.17, 15) is 26.4 Å². The third kappa shape index (κ3) is 3.48. The van der Waals surface area contributed by atoms with Gasteiger partial charge in [-0.05, 0) is 12.1 Å². The van der Waals surface area contributed by atoms with Gasteiger partial charge < -0.3 is 4.74 Å². The molecule has 0 heterocycles. The summed E-state index contributed by atoms with van der Waals surface area (Å²) in [5.41, 5.74) is 0.0256. The van der Waals surface area contributed by atoms with E-state index in [4.69, 9.17) is 0 Å². The first-order valence-corrected chi connectivity index (χ1v) is 6.67. The van der Waals surface area contributed by atoms with Gasteiger partial charge in [-0.15, -0.1) is 0 Å². The van der Waals surface area contributed by atoms with Gasteiger partial charge in [-0.1, -0.05) is 18.2 Å². The fourth-order valence-corrected chi connectivity index (χ4v) is 1.77. The third-order valence-electron chi connectivity index (χ3n) is 2.29. The Hall–Kier alpha value is -1.61. The van der Waals surface area contributed by atoms with Crippen LogP contribution in [0.1, 0.15) is 10.4 Å². The Bertz CT molecular complexity index is 559. The molecule has 0 aliphatic carbocycles. The number of rotatable bonds is 6. The quantitative estimate of drug-likeness (QED) is 0.591. The number of hydrogen-bond donors (Lipinski definition) is 0. The van der Waals surface area contributed by atoms with Gasteiger partial charge in [0.05, 0.1) is 12.7 Å². The summed E-state index contributed by atoms with van der Waals surface area (Å²) < 4.78 is 69.1. The SMILES string of the molecule is COS(=O)(=O)C(F)(F)C(F)COC(=O)c1ccccc1. The zero-order chi connectivity index (χ0) is 15.4. The van der Waals surface area contributed by atoms with Crippen LogP contribution >= 0.6 is 0 Å². The topological polar surface area (TPSA) is 69.7 Å². The molecule has 1 rings (SSSR count). The molecule has 0 saturated carbocycles. The Kier molecular flexibility index (Phi) is 5.12. The lowest BCUT2D eigenvalue weighted by Crippen LogP contribution is -2.42. The highest BCUT2D eigenvalue weighted by atomic mass is 32.2. The van der Waals surface area contributed by atoms with E-state index in [0.717, 1.165) is 0 Å². The molecule has 0 spiro atoms. The minimum atomic E-state index is -5.41. The monoisotopic (exact) mass is 312 g/mol. The molecule has 112 valence electrons. The van der Waals surface area contributed by atoms with Gasteiger partial charge in [0, 0.05) is 0 Å². The first-order valence-electron chi connectivity index (χ1n) is 5.26. The van der Waals surface area contributed by atoms with Crippen molar-refractivity contribution in [1.82, 2.24) is 0 Å². The lowest BCUT2D eigenvalue weighted by Gasteiger charge is -2.19. The molecule has 1 unspecified atom stereocenters. The molecule has 0 aliphatic heterocycles. The first-order chi connectivity index (χ1) is 9.22. The fraction of sp³-hybridized carbons (Fsp3) is 0.364. The molecule has 0 amide bonds. The number of benzene rings is 1. The summed E-state index contributed by atoms with van der Waals surface area (Å²) in [6, 6.07) is 7.26. The summed E-state index contributed by atoms with van der Waals surface area (Å²) in [6.07, 6.45) is -3.24. The maximum absolute atomic E-state index is 13.3. The third-order valence-corrected chi connectivity index (χ3v) is 3.65. The normalized spacial score (nSPS) is 13.8. The van der Waals surface area contributed by atoms with E-state index in [-0.39, 0.29) is 5.56 Å². The molecule has 0 aliphatic rings. The number of alkyl halides is 3. The van der Waals surface area contributed by atoms with E-state index in [0.29, 0.717) is 7.11 Å². The predicted molar refractivity (Wildman–Crippen MR) is 62.5 cm³/mol. The van der Waals surface area contributed by atoms with Crippen LogP contribution in [0.15, 0.2) is 30.3 Å². The standard InChI is InChI=1S/C11H11F3O5S/c1-18-20(16,17)11(13,14)9(12)7-19-10(15)8-5-3-2-4-6-8/h2-6,9H,7H2,1H3. The van der Waals surface area contributed by atoms with Crippen molar-refractivity contribution in [2.45, 2.75) is 11.4 Å². The number of carbonyl (C=O) groups excluding carboxylic acids is 1. The van der Waals surface area contributed by atoms with Crippen LogP contribution in [0.2, 0.25) is 0 Å². The van der Waals surface area contributed by atoms with Gasteiger partial charge in [0.1, 0.15) is 6.61 Å². The number of carbonyl (C=O) groups is 1. The minimum Gasteiger partial charge on any atom is -0.459 e. The van der Waals surface area contributed by atoms with Crippen LogP contribution in [0.4, 0.5) is 13.2 Å². The maximum atomic E-state index is 13.3. The summed E-state index contributed by atoms with van der Waals surface area (Å²) in [6.45, 7) is -1.41. The molecule has 0 saturated heterocycles. The molecule has 0 aromatic heterocycles. The molecule has 1 aromatic carbocycles. The van der Waals surface area contributed by atoms with Gasteiger partial charge in [0.2, 0.25) is 6.17 Å². The highest BCUT2D eigenvalue weighted by Crippen LogP contribution is 2.29. The van der Waals surface area contributed by atoms with Crippen molar-refractivity contribution in [3.8, 4) is 0 Å². The molecule has 0 bridgehead atoms. The molecule has 0 fully saturated rings. The smallest absolute Gasteiger partial charge is 0.403 e. The Balaban J connectivity index is 2.69. The van der Waals surface area contributed by atoms with Crippen LogP contribution in [0.3, 0.4) is 0 Å². The molecule has 1 aromatic rings. The summed E-state index contributed by atoms with van der Waals surface area (Å²) in [7, 11) is -4.93. The van der Waals surface area contributed by atoms with Crippen molar-refractivity contribution in [2.24, 2.45) is 0 Å². The van der Waals surface area contributed by atoms with E-state index in [1.165, 1.54) is 24.3 Å². The Labute approximate surface area is 113 Å². The minimum absolute atomic E-state index is 0.0256. The van der Waals surface area contributed by atoms with Crippen LogP contribution in [0.25, 0.3) is 0 Å². The van der Waals surface area contributed by atoms with Crippen molar-refractivity contribution < 1.29 is 35.3 Å². The van der Waals surface area contributed by atoms with Crippen molar-refractivity contribution in [3.05, 3.63) is 35.9 Å². The van der Waals surface area contributed by atoms with Crippen molar-refractivity contribution >= 4 is 16.1 Å². The molecule has 0 N–H and O–H groups in total. The van der Waals surface area contributed by atoms with E-state index in [1.807, 2.05) is 0 Å². The largest absolute Gasteiger partial charge is 0.459 e. The molecule has 5 nitrogen and oxygen atoms in total. The van der Waals surface area contributed by atoms with Crippen LogP contribution in [-0.2, 0) is 19.0 Å². The van der Waals surface area contributed by atoms with Gasteiger partial charge in [0.25, 0.3) is 0 Å². The second-order valence-electron chi connectivity index (χ2n) is 3.61. The Morgan fingerprint density at radius 2 is 1.85 bits per heavy atom. The summed E-state index contributed by atoms with van der Waals surface area (Å²) in [5, 5.41) is -4.81. The highest BCUT2D eigenvalue weighted by Gasteiger charge is 2.54. The summed E-state index contributed by atoms with van der Waals surface area (Å²) in [5.74, 6) is -1.04.